The first-order valence-electron chi connectivity index (χ1n) is 6.23. The van der Waals surface area contributed by atoms with Gasteiger partial charge < -0.3 is 5.32 Å². The number of benzene rings is 1. The van der Waals surface area contributed by atoms with Crippen LogP contribution in [0.25, 0.3) is 0 Å². The van der Waals surface area contributed by atoms with Crippen LogP contribution < -0.4 is 10.9 Å². The van der Waals surface area contributed by atoms with E-state index in [1.807, 2.05) is 0 Å². The monoisotopic (exact) mass is 325 g/mol. The first-order valence-corrected chi connectivity index (χ1v) is 6.99. The Morgan fingerprint density at radius 2 is 2.10 bits per heavy atom. The number of hydrogen-bond acceptors (Lipinski definition) is 3. The van der Waals surface area contributed by atoms with Crippen LogP contribution in [0.5, 0.6) is 0 Å². The minimum absolute atomic E-state index is 0.155. The van der Waals surface area contributed by atoms with Gasteiger partial charge in [0.05, 0.1) is 16.9 Å². The highest BCUT2D eigenvalue weighted by Crippen LogP contribution is 2.20. The van der Waals surface area contributed by atoms with Crippen molar-refractivity contribution in [2.45, 2.75) is 13.5 Å². The molecule has 0 aliphatic carbocycles. The molecular formula is C14H13Cl2N3O2. The minimum Gasteiger partial charge on any atom is -0.350 e. The summed E-state index contributed by atoms with van der Waals surface area (Å²) in [5.74, 6) is -0.337. The van der Waals surface area contributed by atoms with Crippen LogP contribution in [0.3, 0.4) is 0 Å². The summed E-state index contributed by atoms with van der Waals surface area (Å²) in [6, 6.07) is 6.11. The Bertz CT molecular complexity index is 728. The molecular weight excluding hydrogens is 313 g/mol. The van der Waals surface area contributed by atoms with Gasteiger partial charge in [-0.25, -0.2) is 4.98 Å². The van der Waals surface area contributed by atoms with E-state index in [2.05, 4.69) is 10.3 Å². The van der Waals surface area contributed by atoms with Crippen molar-refractivity contribution in [2.24, 2.45) is 0 Å². The molecule has 0 fully saturated rings. The standard InChI is InChI=1S/C14H13Cl2N3O2/c1-9-6-13(20)19(8-18-9)5-4-17-14(21)11-7-10(15)2-3-12(11)16/h2-3,6-8H,4-5H2,1H3,(H,17,21). The molecule has 0 radical (unpaired) electrons. The molecule has 0 spiro atoms. The Hall–Kier alpha value is -1.85. The summed E-state index contributed by atoms with van der Waals surface area (Å²) in [6.07, 6.45) is 1.45. The summed E-state index contributed by atoms with van der Waals surface area (Å²) in [7, 11) is 0. The van der Waals surface area contributed by atoms with Crippen LogP contribution in [-0.2, 0) is 6.54 Å². The van der Waals surface area contributed by atoms with E-state index in [1.165, 1.54) is 23.0 Å². The van der Waals surface area contributed by atoms with Crippen molar-refractivity contribution in [1.29, 1.82) is 0 Å². The molecule has 1 heterocycles. The van der Waals surface area contributed by atoms with Crippen LogP contribution in [0.4, 0.5) is 0 Å². The first kappa shape index (κ1) is 15.5. The number of halogens is 2. The quantitative estimate of drug-likeness (QED) is 0.938. The van der Waals surface area contributed by atoms with Crippen molar-refractivity contribution in [1.82, 2.24) is 14.9 Å². The van der Waals surface area contributed by atoms with Gasteiger partial charge in [0.15, 0.2) is 0 Å². The number of carbonyl (C=O) groups is 1. The van der Waals surface area contributed by atoms with Crippen LogP contribution in [0.1, 0.15) is 16.1 Å². The van der Waals surface area contributed by atoms with Crippen LogP contribution in [0.2, 0.25) is 10.0 Å². The molecule has 110 valence electrons. The molecule has 21 heavy (non-hydrogen) atoms. The molecule has 0 aliphatic rings. The number of aromatic nitrogens is 2. The van der Waals surface area contributed by atoms with Gasteiger partial charge in [-0.05, 0) is 25.1 Å². The van der Waals surface area contributed by atoms with Crippen molar-refractivity contribution in [2.75, 3.05) is 6.54 Å². The highest BCUT2D eigenvalue weighted by Gasteiger charge is 2.10. The van der Waals surface area contributed by atoms with Gasteiger partial charge in [0.25, 0.3) is 11.5 Å². The molecule has 5 nitrogen and oxygen atoms in total. The van der Waals surface area contributed by atoms with E-state index in [0.29, 0.717) is 27.8 Å². The van der Waals surface area contributed by atoms with E-state index in [0.717, 1.165) is 0 Å². The zero-order valence-electron chi connectivity index (χ0n) is 11.3. The molecule has 0 atom stereocenters. The third kappa shape index (κ3) is 4.06. The maximum Gasteiger partial charge on any atom is 0.253 e. The SMILES string of the molecule is Cc1cc(=O)n(CCNC(=O)c2cc(Cl)ccc2Cl)cn1. The Kier molecular flexibility index (Phi) is 4.98. The normalized spacial score (nSPS) is 10.4. The summed E-state index contributed by atoms with van der Waals surface area (Å²) >= 11 is 11.8. The minimum atomic E-state index is -0.337. The number of aryl methyl sites for hydroxylation is 1. The van der Waals surface area contributed by atoms with Crippen LogP contribution in [0, 0.1) is 6.92 Å². The van der Waals surface area contributed by atoms with Gasteiger partial charge in [-0.3, -0.25) is 14.2 Å². The summed E-state index contributed by atoms with van der Waals surface area (Å²) in [5.41, 5.74) is 0.807. The molecule has 0 bridgehead atoms. The number of nitrogens with one attached hydrogen (secondary N) is 1. The number of hydrogen-bond donors (Lipinski definition) is 1. The lowest BCUT2D eigenvalue weighted by atomic mass is 10.2. The van der Waals surface area contributed by atoms with Gasteiger partial charge in [0, 0.05) is 29.9 Å². The van der Waals surface area contributed by atoms with Crippen LogP contribution >= 0.6 is 23.2 Å². The Morgan fingerprint density at radius 1 is 1.33 bits per heavy atom. The van der Waals surface area contributed by atoms with E-state index in [9.17, 15) is 9.59 Å². The van der Waals surface area contributed by atoms with Crippen molar-refractivity contribution in [3.05, 3.63) is 62.2 Å². The second-order valence-corrected chi connectivity index (χ2v) is 5.29. The van der Waals surface area contributed by atoms with Crippen molar-refractivity contribution in [3.63, 3.8) is 0 Å². The largest absolute Gasteiger partial charge is 0.350 e. The molecule has 7 heteroatoms. The lowest BCUT2D eigenvalue weighted by Gasteiger charge is -2.08. The van der Waals surface area contributed by atoms with Gasteiger partial charge in [0.1, 0.15) is 0 Å². The van der Waals surface area contributed by atoms with E-state index in [-0.39, 0.29) is 18.0 Å². The molecule has 1 N–H and O–H groups in total. The Morgan fingerprint density at radius 3 is 2.81 bits per heavy atom. The molecule has 0 saturated carbocycles. The maximum atomic E-state index is 12.0. The van der Waals surface area contributed by atoms with E-state index in [4.69, 9.17) is 23.2 Å². The van der Waals surface area contributed by atoms with Crippen LogP contribution in [-0.4, -0.2) is 22.0 Å². The third-order valence-electron chi connectivity index (χ3n) is 2.83. The highest BCUT2D eigenvalue weighted by molar-refractivity contribution is 6.35. The molecule has 2 aromatic rings. The summed E-state index contributed by atoms with van der Waals surface area (Å²) < 4.78 is 1.42. The zero-order valence-corrected chi connectivity index (χ0v) is 12.8. The second-order valence-electron chi connectivity index (χ2n) is 4.44. The summed E-state index contributed by atoms with van der Waals surface area (Å²) in [5, 5.41) is 3.45. The Balaban J connectivity index is 1.98. The van der Waals surface area contributed by atoms with E-state index < -0.39 is 0 Å². The molecule has 1 aromatic heterocycles. The molecule has 0 saturated heterocycles. The number of nitrogens with zero attached hydrogens (tertiary/aromatic N) is 2. The van der Waals surface area contributed by atoms with Gasteiger partial charge in [0.2, 0.25) is 0 Å². The number of carbonyl (C=O) groups excluding carboxylic acids is 1. The fraction of sp³-hybridized carbons (Fsp3) is 0.214. The van der Waals surface area contributed by atoms with Gasteiger partial charge in [-0.2, -0.15) is 0 Å². The fourth-order valence-corrected chi connectivity index (χ4v) is 2.12. The predicted octanol–water partition coefficient (Wildman–Crippen LogP) is 2.29. The average molecular weight is 326 g/mol. The molecule has 1 aromatic carbocycles. The fourth-order valence-electron chi connectivity index (χ4n) is 1.74. The lowest BCUT2D eigenvalue weighted by molar-refractivity contribution is 0.0952. The third-order valence-corrected chi connectivity index (χ3v) is 3.39. The topological polar surface area (TPSA) is 64.0 Å². The zero-order chi connectivity index (χ0) is 15.4. The van der Waals surface area contributed by atoms with Gasteiger partial charge >= 0.3 is 0 Å². The van der Waals surface area contributed by atoms with Crippen molar-refractivity contribution in [3.8, 4) is 0 Å². The smallest absolute Gasteiger partial charge is 0.253 e. The van der Waals surface area contributed by atoms with Crippen molar-refractivity contribution >= 4 is 29.1 Å². The summed E-state index contributed by atoms with van der Waals surface area (Å²) in [4.78, 5) is 27.7. The first-order chi connectivity index (χ1) is 9.97. The second kappa shape index (κ2) is 6.74. The van der Waals surface area contributed by atoms with E-state index >= 15 is 0 Å². The number of rotatable bonds is 4. The summed E-state index contributed by atoms with van der Waals surface area (Å²) in [6.45, 7) is 2.36. The van der Waals surface area contributed by atoms with Gasteiger partial charge in [-0.15, -0.1) is 0 Å². The predicted molar refractivity (Wildman–Crippen MR) is 82.0 cm³/mol. The van der Waals surface area contributed by atoms with Crippen molar-refractivity contribution < 1.29 is 4.79 Å². The maximum absolute atomic E-state index is 12.0. The van der Waals surface area contributed by atoms with Gasteiger partial charge in [-0.1, -0.05) is 23.2 Å². The molecule has 2 rings (SSSR count). The highest BCUT2D eigenvalue weighted by atomic mass is 35.5. The average Bonchev–Trinajstić information content (AvgIpc) is 2.43. The van der Waals surface area contributed by atoms with Crippen LogP contribution in [0.15, 0.2) is 35.4 Å². The Labute approximate surface area is 131 Å². The lowest BCUT2D eigenvalue weighted by Crippen LogP contribution is -2.31. The number of amides is 1. The molecule has 1 amide bonds. The molecule has 0 unspecified atom stereocenters. The van der Waals surface area contributed by atoms with E-state index in [1.54, 1.807) is 19.1 Å². The molecule has 0 aliphatic heterocycles.